The van der Waals surface area contributed by atoms with E-state index in [1.165, 1.54) is 17.0 Å². The molecule has 0 unspecified atom stereocenters. The van der Waals surface area contributed by atoms with Gasteiger partial charge in [0.1, 0.15) is 5.82 Å². The van der Waals surface area contributed by atoms with Gasteiger partial charge in [0.25, 0.3) is 5.91 Å². The number of para-hydroxylation sites is 1. The van der Waals surface area contributed by atoms with Crippen molar-refractivity contribution in [2.45, 2.75) is 6.54 Å². The minimum atomic E-state index is -0.299. The van der Waals surface area contributed by atoms with E-state index in [0.29, 0.717) is 29.4 Å². The van der Waals surface area contributed by atoms with E-state index in [1.54, 1.807) is 38.5 Å². The van der Waals surface area contributed by atoms with Gasteiger partial charge in [0.05, 0.1) is 18.3 Å². The fraction of sp³-hybridized carbons (Fsp3) is 0.158. The molecule has 3 rings (SSSR count). The number of hydrogen-bond acceptors (Lipinski definition) is 4. The van der Waals surface area contributed by atoms with Crippen molar-refractivity contribution in [1.29, 1.82) is 0 Å². The summed E-state index contributed by atoms with van der Waals surface area (Å²) in [5, 5.41) is 3.18. The van der Waals surface area contributed by atoms with E-state index in [0.717, 1.165) is 5.56 Å². The zero-order chi connectivity index (χ0) is 17.8. The van der Waals surface area contributed by atoms with Crippen molar-refractivity contribution in [1.82, 2.24) is 9.88 Å². The lowest BCUT2D eigenvalue weighted by molar-refractivity contribution is 0.0828. The van der Waals surface area contributed by atoms with Crippen LogP contribution in [0.15, 0.2) is 59.1 Å². The minimum absolute atomic E-state index is 0.0810. The summed E-state index contributed by atoms with van der Waals surface area (Å²) in [7, 11) is 3.42. The molecule has 2 aromatic carbocycles. The number of nitrogens with one attached hydrogen (secondary N) is 1. The fourth-order valence-corrected chi connectivity index (χ4v) is 2.38. The lowest BCUT2D eigenvalue weighted by Gasteiger charge is -2.14. The van der Waals surface area contributed by atoms with Gasteiger partial charge in [0, 0.05) is 25.3 Å². The number of carbonyl (C=O) groups excluding carboxylic acids is 1. The highest BCUT2D eigenvalue weighted by atomic mass is 19.1. The molecule has 6 heteroatoms. The molecule has 1 amide bonds. The number of hydrogen-bond donors (Lipinski definition) is 1. The van der Waals surface area contributed by atoms with Gasteiger partial charge in [-0.3, -0.25) is 4.79 Å². The Bertz CT molecular complexity index is 872. The van der Waals surface area contributed by atoms with Crippen LogP contribution in [-0.4, -0.2) is 29.9 Å². The molecule has 128 valence electrons. The van der Waals surface area contributed by atoms with E-state index in [-0.39, 0.29) is 11.7 Å². The predicted octanol–water partition coefficient (Wildman–Crippen LogP) is 3.79. The van der Waals surface area contributed by atoms with Crippen LogP contribution in [0.4, 0.5) is 10.1 Å². The highest BCUT2D eigenvalue weighted by Gasteiger charge is 2.13. The molecule has 0 saturated heterocycles. The number of rotatable bonds is 5. The van der Waals surface area contributed by atoms with Gasteiger partial charge in [-0.1, -0.05) is 12.1 Å². The monoisotopic (exact) mass is 339 g/mol. The Kier molecular flexibility index (Phi) is 4.79. The molecule has 5 nitrogen and oxygen atoms in total. The average Bonchev–Trinajstić information content (AvgIpc) is 3.09. The second kappa shape index (κ2) is 7.17. The molecule has 25 heavy (non-hydrogen) atoms. The first-order chi connectivity index (χ1) is 12.0. The summed E-state index contributed by atoms with van der Waals surface area (Å²) in [6, 6.07) is 13.3. The topological polar surface area (TPSA) is 58.4 Å². The van der Waals surface area contributed by atoms with Gasteiger partial charge >= 0.3 is 0 Å². The van der Waals surface area contributed by atoms with Gasteiger partial charge in [-0.25, -0.2) is 9.37 Å². The summed E-state index contributed by atoms with van der Waals surface area (Å²) in [6.45, 7) is 0.332. The number of nitrogens with zero attached hydrogens (tertiary/aromatic N) is 2. The molecule has 0 atom stereocenters. The molecule has 0 aliphatic rings. The second-order valence-corrected chi connectivity index (χ2v) is 5.72. The van der Waals surface area contributed by atoms with Crippen LogP contribution in [0.3, 0.4) is 0 Å². The zero-order valence-electron chi connectivity index (χ0n) is 14.0. The average molecular weight is 339 g/mol. The fourth-order valence-electron chi connectivity index (χ4n) is 2.38. The van der Waals surface area contributed by atoms with Crippen LogP contribution < -0.4 is 5.32 Å². The molecule has 0 radical (unpaired) electrons. The van der Waals surface area contributed by atoms with Crippen LogP contribution in [0.5, 0.6) is 0 Å². The van der Waals surface area contributed by atoms with E-state index in [9.17, 15) is 9.18 Å². The Labute approximate surface area is 145 Å². The normalized spacial score (nSPS) is 10.5. The second-order valence-electron chi connectivity index (χ2n) is 5.72. The SMILES string of the molecule is CN(C)C(=O)c1ccccc1NCc1ncc(-c2ccc(F)cc2)o1. The molecule has 3 aromatic rings. The van der Waals surface area contributed by atoms with Gasteiger partial charge in [-0.15, -0.1) is 0 Å². The van der Waals surface area contributed by atoms with Crippen LogP contribution in [0.25, 0.3) is 11.3 Å². The van der Waals surface area contributed by atoms with E-state index in [1.807, 2.05) is 18.2 Å². The molecule has 1 aromatic heterocycles. The number of benzene rings is 2. The van der Waals surface area contributed by atoms with Gasteiger partial charge in [0.15, 0.2) is 5.76 Å². The maximum atomic E-state index is 13.0. The van der Waals surface area contributed by atoms with Crippen LogP contribution >= 0.6 is 0 Å². The number of aromatic nitrogens is 1. The molecule has 0 saturated carbocycles. The molecule has 1 heterocycles. The van der Waals surface area contributed by atoms with E-state index < -0.39 is 0 Å². The smallest absolute Gasteiger partial charge is 0.255 e. The number of carbonyl (C=O) groups is 1. The van der Waals surface area contributed by atoms with Gasteiger partial charge in [-0.05, 0) is 36.4 Å². The van der Waals surface area contributed by atoms with Crippen molar-refractivity contribution >= 4 is 11.6 Å². The van der Waals surface area contributed by atoms with Crippen molar-refractivity contribution in [2.24, 2.45) is 0 Å². The molecular formula is C19H18FN3O2. The number of anilines is 1. The summed E-state index contributed by atoms with van der Waals surface area (Å²) in [4.78, 5) is 18.0. The minimum Gasteiger partial charge on any atom is -0.439 e. The third-order valence-corrected chi connectivity index (χ3v) is 3.68. The number of oxazole rings is 1. The summed E-state index contributed by atoms with van der Waals surface area (Å²) in [5.74, 6) is 0.663. The van der Waals surface area contributed by atoms with Crippen molar-refractivity contribution < 1.29 is 13.6 Å². The molecule has 0 bridgehead atoms. The first-order valence-corrected chi connectivity index (χ1v) is 7.80. The number of halogens is 1. The Balaban J connectivity index is 1.73. The third kappa shape index (κ3) is 3.85. The van der Waals surface area contributed by atoms with Crippen molar-refractivity contribution in [3.63, 3.8) is 0 Å². The van der Waals surface area contributed by atoms with Crippen molar-refractivity contribution in [3.8, 4) is 11.3 Å². The van der Waals surface area contributed by atoms with Crippen molar-refractivity contribution in [3.05, 3.63) is 72.0 Å². The molecular weight excluding hydrogens is 321 g/mol. The van der Waals surface area contributed by atoms with Crippen LogP contribution in [0, 0.1) is 5.82 Å². The molecule has 0 spiro atoms. The maximum absolute atomic E-state index is 13.0. The highest BCUT2D eigenvalue weighted by Crippen LogP contribution is 2.22. The summed E-state index contributed by atoms with van der Waals surface area (Å²) in [5.41, 5.74) is 2.05. The van der Waals surface area contributed by atoms with Gasteiger partial charge in [0.2, 0.25) is 5.89 Å². The van der Waals surface area contributed by atoms with Gasteiger partial charge in [-0.2, -0.15) is 0 Å². The Morgan fingerprint density at radius 2 is 1.88 bits per heavy atom. The standard InChI is InChI=1S/C19H18FN3O2/c1-23(2)19(24)15-5-3-4-6-16(15)21-12-18-22-11-17(25-18)13-7-9-14(20)10-8-13/h3-11,21H,12H2,1-2H3. The van der Waals surface area contributed by atoms with E-state index in [2.05, 4.69) is 10.3 Å². The van der Waals surface area contributed by atoms with Crippen LogP contribution in [-0.2, 0) is 6.54 Å². The van der Waals surface area contributed by atoms with Crippen LogP contribution in [0.2, 0.25) is 0 Å². The highest BCUT2D eigenvalue weighted by molar-refractivity contribution is 5.99. The lowest BCUT2D eigenvalue weighted by Crippen LogP contribution is -2.22. The molecule has 0 fully saturated rings. The summed E-state index contributed by atoms with van der Waals surface area (Å²) >= 11 is 0. The Morgan fingerprint density at radius 1 is 1.16 bits per heavy atom. The lowest BCUT2D eigenvalue weighted by atomic mass is 10.1. The largest absolute Gasteiger partial charge is 0.439 e. The van der Waals surface area contributed by atoms with Crippen molar-refractivity contribution in [2.75, 3.05) is 19.4 Å². The quantitative estimate of drug-likeness (QED) is 0.768. The van der Waals surface area contributed by atoms with E-state index >= 15 is 0 Å². The first kappa shape index (κ1) is 16.7. The number of amides is 1. The zero-order valence-corrected chi connectivity index (χ0v) is 14.0. The third-order valence-electron chi connectivity index (χ3n) is 3.68. The Hall–Kier alpha value is -3.15. The molecule has 0 aliphatic carbocycles. The predicted molar refractivity (Wildman–Crippen MR) is 93.7 cm³/mol. The maximum Gasteiger partial charge on any atom is 0.255 e. The molecule has 1 N–H and O–H groups in total. The summed E-state index contributed by atoms with van der Waals surface area (Å²) < 4.78 is 18.7. The van der Waals surface area contributed by atoms with Gasteiger partial charge < -0.3 is 14.6 Å². The molecule has 0 aliphatic heterocycles. The summed E-state index contributed by atoms with van der Waals surface area (Å²) in [6.07, 6.45) is 1.60. The van der Waals surface area contributed by atoms with E-state index in [4.69, 9.17) is 4.42 Å². The van der Waals surface area contributed by atoms with Crippen LogP contribution in [0.1, 0.15) is 16.2 Å². The first-order valence-electron chi connectivity index (χ1n) is 7.80. The Morgan fingerprint density at radius 3 is 2.60 bits per heavy atom.